The predicted octanol–water partition coefficient (Wildman–Crippen LogP) is 1.94. The van der Waals surface area contributed by atoms with Gasteiger partial charge in [-0.1, -0.05) is 24.3 Å². The van der Waals surface area contributed by atoms with E-state index in [1.807, 2.05) is 0 Å². The van der Waals surface area contributed by atoms with Crippen LogP contribution in [0.4, 0.5) is 0 Å². The molecule has 98 valence electrons. The minimum absolute atomic E-state index is 0.343. The van der Waals surface area contributed by atoms with Crippen LogP contribution in [-0.2, 0) is 11.3 Å². The molecule has 2 heterocycles. The van der Waals surface area contributed by atoms with Crippen molar-refractivity contribution in [2.24, 2.45) is 0 Å². The van der Waals surface area contributed by atoms with Crippen molar-refractivity contribution in [1.82, 2.24) is 10.2 Å². The van der Waals surface area contributed by atoms with Gasteiger partial charge >= 0.3 is 0 Å². The standard InChI is InChI=1S/C15H22N2O/c1-11-10-18-12(2)9-17(11)15-8-16-7-13-5-3-4-6-14(13)15/h3-6,11-12,15-16H,7-10H2,1-2H3. The Morgan fingerprint density at radius 2 is 2.11 bits per heavy atom. The molecule has 1 aromatic rings. The molecule has 1 N–H and O–H groups in total. The molecule has 0 spiro atoms. The van der Waals surface area contributed by atoms with Crippen LogP contribution in [0.5, 0.6) is 0 Å². The number of nitrogens with one attached hydrogen (secondary N) is 1. The molecule has 18 heavy (non-hydrogen) atoms. The van der Waals surface area contributed by atoms with Gasteiger partial charge in [-0.05, 0) is 25.0 Å². The third-order valence-electron chi connectivity index (χ3n) is 4.12. The van der Waals surface area contributed by atoms with E-state index in [0.29, 0.717) is 18.2 Å². The molecule has 1 aromatic carbocycles. The molecule has 0 aliphatic carbocycles. The maximum atomic E-state index is 5.74. The minimum atomic E-state index is 0.343. The number of rotatable bonds is 1. The average Bonchev–Trinajstić information content (AvgIpc) is 2.41. The van der Waals surface area contributed by atoms with Crippen LogP contribution < -0.4 is 5.32 Å². The van der Waals surface area contributed by atoms with Crippen LogP contribution in [0.3, 0.4) is 0 Å². The van der Waals surface area contributed by atoms with Gasteiger partial charge in [-0.25, -0.2) is 0 Å². The fraction of sp³-hybridized carbons (Fsp3) is 0.600. The van der Waals surface area contributed by atoms with Crippen LogP contribution in [-0.4, -0.2) is 36.7 Å². The second-order valence-corrected chi connectivity index (χ2v) is 5.54. The molecule has 2 aliphatic heterocycles. The Balaban J connectivity index is 1.88. The quantitative estimate of drug-likeness (QED) is 0.819. The first-order valence-corrected chi connectivity index (χ1v) is 6.91. The van der Waals surface area contributed by atoms with Crippen molar-refractivity contribution < 1.29 is 4.74 Å². The third kappa shape index (κ3) is 2.18. The Kier molecular flexibility index (Phi) is 3.37. The summed E-state index contributed by atoms with van der Waals surface area (Å²) in [6, 6.07) is 9.81. The number of hydrogen-bond acceptors (Lipinski definition) is 3. The highest BCUT2D eigenvalue weighted by atomic mass is 16.5. The van der Waals surface area contributed by atoms with Crippen molar-refractivity contribution in [3.05, 3.63) is 35.4 Å². The van der Waals surface area contributed by atoms with E-state index in [2.05, 4.69) is 48.3 Å². The maximum Gasteiger partial charge on any atom is 0.0675 e. The number of fused-ring (bicyclic) bond motifs is 1. The number of benzene rings is 1. The van der Waals surface area contributed by atoms with Gasteiger partial charge in [0.15, 0.2) is 0 Å². The van der Waals surface area contributed by atoms with Crippen molar-refractivity contribution in [3.63, 3.8) is 0 Å². The zero-order chi connectivity index (χ0) is 12.5. The molecule has 1 fully saturated rings. The minimum Gasteiger partial charge on any atom is -0.376 e. The van der Waals surface area contributed by atoms with Crippen molar-refractivity contribution >= 4 is 0 Å². The second kappa shape index (κ2) is 5.00. The summed E-state index contributed by atoms with van der Waals surface area (Å²) >= 11 is 0. The summed E-state index contributed by atoms with van der Waals surface area (Å²) in [7, 11) is 0. The van der Waals surface area contributed by atoms with Crippen molar-refractivity contribution in [2.45, 2.75) is 38.6 Å². The molecule has 0 aromatic heterocycles. The summed E-state index contributed by atoms with van der Waals surface area (Å²) in [4.78, 5) is 2.60. The first-order valence-electron chi connectivity index (χ1n) is 6.91. The third-order valence-corrected chi connectivity index (χ3v) is 4.12. The maximum absolute atomic E-state index is 5.74. The van der Waals surface area contributed by atoms with Gasteiger partial charge in [0.1, 0.15) is 0 Å². The Labute approximate surface area is 109 Å². The molecule has 0 radical (unpaired) electrons. The second-order valence-electron chi connectivity index (χ2n) is 5.54. The molecule has 1 saturated heterocycles. The molecule has 3 unspecified atom stereocenters. The first-order chi connectivity index (χ1) is 8.75. The molecule has 3 nitrogen and oxygen atoms in total. The SMILES string of the molecule is CC1CN(C2CNCc3ccccc32)C(C)CO1. The van der Waals surface area contributed by atoms with Gasteiger partial charge in [-0.2, -0.15) is 0 Å². The summed E-state index contributed by atoms with van der Waals surface area (Å²) in [6.07, 6.45) is 0.343. The Morgan fingerprint density at radius 1 is 1.28 bits per heavy atom. The molecular formula is C15H22N2O. The van der Waals surface area contributed by atoms with E-state index in [1.165, 1.54) is 11.1 Å². The monoisotopic (exact) mass is 246 g/mol. The van der Waals surface area contributed by atoms with Gasteiger partial charge < -0.3 is 10.1 Å². The Bertz CT molecular complexity index is 421. The summed E-state index contributed by atoms with van der Waals surface area (Å²) < 4.78 is 5.74. The average molecular weight is 246 g/mol. The van der Waals surface area contributed by atoms with Gasteiger partial charge in [0, 0.05) is 31.7 Å². The lowest BCUT2D eigenvalue weighted by Crippen LogP contribution is -2.52. The Morgan fingerprint density at radius 3 is 3.00 bits per heavy atom. The highest BCUT2D eigenvalue weighted by molar-refractivity contribution is 5.32. The van der Waals surface area contributed by atoms with E-state index in [4.69, 9.17) is 4.74 Å². The van der Waals surface area contributed by atoms with Gasteiger partial charge in [0.2, 0.25) is 0 Å². The molecule has 3 rings (SSSR count). The fourth-order valence-corrected chi connectivity index (χ4v) is 3.13. The molecule has 0 amide bonds. The van der Waals surface area contributed by atoms with Crippen LogP contribution in [0.1, 0.15) is 31.0 Å². The van der Waals surface area contributed by atoms with Crippen LogP contribution in [0, 0.1) is 0 Å². The van der Waals surface area contributed by atoms with Crippen LogP contribution in [0.2, 0.25) is 0 Å². The molecule has 3 heteroatoms. The van der Waals surface area contributed by atoms with Gasteiger partial charge in [-0.15, -0.1) is 0 Å². The smallest absolute Gasteiger partial charge is 0.0675 e. The first kappa shape index (κ1) is 12.2. The molecule has 0 saturated carbocycles. The highest BCUT2D eigenvalue weighted by Gasteiger charge is 2.32. The summed E-state index contributed by atoms with van der Waals surface area (Å²) in [5, 5.41) is 3.54. The number of nitrogens with zero attached hydrogens (tertiary/aromatic N) is 1. The van der Waals surface area contributed by atoms with E-state index in [1.54, 1.807) is 0 Å². The van der Waals surface area contributed by atoms with E-state index in [9.17, 15) is 0 Å². The Hall–Kier alpha value is -0.900. The fourth-order valence-electron chi connectivity index (χ4n) is 3.13. The van der Waals surface area contributed by atoms with Gasteiger partial charge in [0.25, 0.3) is 0 Å². The normalized spacial score (nSPS) is 33.1. The predicted molar refractivity (Wildman–Crippen MR) is 72.5 cm³/mol. The molecule has 0 bridgehead atoms. The molecule has 3 atom stereocenters. The van der Waals surface area contributed by atoms with Crippen molar-refractivity contribution in [2.75, 3.05) is 19.7 Å². The van der Waals surface area contributed by atoms with E-state index in [0.717, 1.165) is 26.2 Å². The number of ether oxygens (including phenoxy) is 1. The van der Waals surface area contributed by atoms with Crippen molar-refractivity contribution in [1.29, 1.82) is 0 Å². The summed E-state index contributed by atoms with van der Waals surface area (Å²) in [6.45, 7) is 8.36. The van der Waals surface area contributed by atoms with E-state index < -0.39 is 0 Å². The topological polar surface area (TPSA) is 24.5 Å². The summed E-state index contributed by atoms with van der Waals surface area (Å²) in [5.74, 6) is 0. The zero-order valence-corrected chi connectivity index (χ0v) is 11.2. The number of hydrogen-bond donors (Lipinski definition) is 1. The largest absolute Gasteiger partial charge is 0.376 e. The van der Waals surface area contributed by atoms with Crippen LogP contribution >= 0.6 is 0 Å². The number of morpholine rings is 1. The lowest BCUT2D eigenvalue weighted by Gasteiger charge is -2.44. The van der Waals surface area contributed by atoms with Gasteiger partial charge in [0.05, 0.1) is 12.7 Å². The van der Waals surface area contributed by atoms with Crippen molar-refractivity contribution in [3.8, 4) is 0 Å². The van der Waals surface area contributed by atoms with Crippen LogP contribution in [0.15, 0.2) is 24.3 Å². The zero-order valence-electron chi connectivity index (χ0n) is 11.2. The van der Waals surface area contributed by atoms with E-state index >= 15 is 0 Å². The van der Waals surface area contributed by atoms with E-state index in [-0.39, 0.29) is 0 Å². The lowest BCUT2D eigenvalue weighted by molar-refractivity contribution is -0.0674. The molecule has 2 aliphatic rings. The summed E-state index contributed by atoms with van der Waals surface area (Å²) in [5.41, 5.74) is 2.94. The van der Waals surface area contributed by atoms with Crippen LogP contribution in [0.25, 0.3) is 0 Å². The highest BCUT2D eigenvalue weighted by Crippen LogP contribution is 2.30. The lowest BCUT2D eigenvalue weighted by atomic mass is 9.94. The molecular weight excluding hydrogens is 224 g/mol. The van der Waals surface area contributed by atoms with Gasteiger partial charge in [-0.3, -0.25) is 4.90 Å².